The van der Waals surface area contributed by atoms with Crippen LogP contribution in [-0.4, -0.2) is 43.1 Å². The van der Waals surface area contributed by atoms with Gasteiger partial charge in [0.05, 0.1) is 17.5 Å². The van der Waals surface area contributed by atoms with Crippen molar-refractivity contribution >= 4 is 49.8 Å². The predicted molar refractivity (Wildman–Crippen MR) is 98.5 cm³/mol. The molecule has 1 aromatic heterocycles. The van der Waals surface area contributed by atoms with Crippen LogP contribution in [0.3, 0.4) is 0 Å². The maximum absolute atomic E-state index is 12.9. The fourth-order valence-corrected chi connectivity index (χ4v) is 4.52. The summed E-state index contributed by atoms with van der Waals surface area (Å²) in [6.07, 6.45) is -2.06. The van der Waals surface area contributed by atoms with E-state index in [0.29, 0.717) is 14.7 Å². The van der Waals surface area contributed by atoms with Gasteiger partial charge in [0.15, 0.2) is 4.34 Å². The van der Waals surface area contributed by atoms with Crippen LogP contribution < -0.4 is 9.62 Å². The van der Waals surface area contributed by atoms with Gasteiger partial charge in [-0.25, -0.2) is 8.42 Å². The van der Waals surface area contributed by atoms with Gasteiger partial charge in [0.2, 0.25) is 21.1 Å². The van der Waals surface area contributed by atoms with Crippen molar-refractivity contribution in [3.05, 3.63) is 29.8 Å². The van der Waals surface area contributed by atoms with Crippen LogP contribution in [0.5, 0.6) is 0 Å². The first-order valence-electron chi connectivity index (χ1n) is 7.28. The molecule has 13 heteroatoms. The number of hydrogen-bond donors (Lipinski definition) is 1. The lowest BCUT2D eigenvalue weighted by molar-refractivity contribution is -0.137. The van der Waals surface area contributed by atoms with Crippen LogP contribution in [0.15, 0.2) is 28.6 Å². The molecule has 7 nitrogen and oxygen atoms in total. The van der Waals surface area contributed by atoms with E-state index in [1.807, 2.05) is 0 Å². The number of alkyl halides is 3. The van der Waals surface area contributed by atoms with Crippen molar-refractivity contribution in [2.45, 2.75) is 23.5 Å². The number of sulfonamides is 1. The van der Waals surface area contributed by atoms with Gasteiger partial charge in [-0.3, -0.25) is 14.4 Å². The van der Waals surface area contributed by atoms with Crippen molar-refractivity contribution < 1.29 is 26.4 Å². The van der Waals surface area contributed by atoms with Crippen molar-refractivity contribution in [1.82, 2.24) is 10.2 Å². The average molecular weight is 440 g/mol. The van der Waals surface area contributed by atoms with Crippen molar-refractivity contribution in [3.63, 3.8) is 0 Å². The molecule has 1 unspecified atom stereocenters. The molecule has 0 bridgehead atoms. The van der Waals surface area contributed by atoms with E-state index in [4.69, 9.17) is 0 Å². The number of anilines is 2. The minimum atomic E-state index is -4.65. The number of benzene rings is 1. The van der Waals surface area contributed by atoms with Crippen molar-refractivity contribution in [3.8, 4) is 0 Å². The Hall–Kier alpha value is -1.86. The summed E-state index contributed by atoms with van der Waals surface area (Å²) >= 11 is 2.41. The molecule has 0 saturated carbocycles. The van der Waals surface area contributed by atoms with Gasteiger partial charge >= 0.3 is 6.18 Å². The maximum Gasteiger partial charge on any atom is 0.416 e. The molecule has 1 aromatic carbocycles. The molecule has 1 N–H and O–H groups in total. The highest BCUT2D eigenvalue weighted by Gasteiger charge is 2.34. The number of halogens is 3. The third-order valence-corrected chi connectivity index (χ3v) is 6.38. The minimum absolute atomic E-state index is 0.161. The Kier molecular flexibility index (Phi) is 6.37. The quantitative estimate of drug-likeness (QED) is 0.548. The third kappa shape index (κ3) is 5.32. The summed E-state index contributed by atoms with van der Waals surface area (Å²) < 4.78 is 64.4. The van der Waals surface area contributed by atoms with Gasteiger partial charge in [-0.15, -0.1) is 10.2 Å². The molecule has 0 aliphatic carbocycles. The SMILES string of the molecule is CSc1nnc(NC(=O)C(C)N(c2cccc(C(F)(F)F)c2)S(C)(=O)=O)s1. The number of thioether (sulfide) groups is 1. The summed E-state index contributed by atoms with van der Waals surface area (Å²) in [7, 11) is -4.05. The molecule has 0 saturated heterocycles. The molecule has 0 spiro atoms. The Balaban J connectivity index is 2.35. The van der Waals surface area contributed by atoms with Crippen molar-refractivity contribution in [2.75, 3.05) is 22.1 Å². The topological polar surface area (TPSA) is 92.3 Å². The van der Waals surface area contributed by atoms with Gasteiger partial charge in [-0.2, -0.15) is 13.2 Å². The first kappa shape index (κ1) is 21.4. The number of aromatic nitrogens is 2. The van der Waals surface area contributed by atoms with Gasteiger partial charge in [-0.05, 0) is 31.4 Å². The molecule has 0 aliphatic heterocycles. The van der Waals surface area contributed by atoms with E-state index in [9.17, 15) is 26.4 Å². The largest absolute Gasteiger partial charge is 0.416 e. The highest BCUT2D eigenvalue weighted by molar-refractivity contribution is 8.00. The van der Waals surface area contributed by atoms with Gasteiger partial charge in [0, 0.05) is 0 Å². The highest BCUT2D eigenvalue weighted by atomic mass is 32.2. The van der Waals surface area contributed by atoms with Crippen molar-refractivity contribution in [2.24, 2.45) is 0 Å². The number of hydrogen-bond acceptors (Lipinski definition) is 7. The summed E-state index contributed by atoms with van der Waals surface area (Å²) in [6.45, 7) is 1.27. The maximum atomic E-state index is 12.9. The molecule has 0 aliphatic rings. The summed E-state index contributed by atoms with van der Waals surface area (Å²) in [5, 5.41) is 10.1. The van der Waals surface area contributed by atoms with E-state index in [-0.39, 0.29) is 10.8 Å². The number of nitrogens with one attached hydrogen (secondary N) is 1. The van der Waals surface area contributed by atoms with E-state index >= 15 is 0 Å². The highest BCUT2D eigenvalue weighted by Crippen LogP contribution is 2.33. The number of carbonyl (C=O) groups is 1. The summed E-state index contributed by atoms with van der Waals surface area (Å²) in [5.74, 6) is -0.748. The lowest BCUT2D eigenvalue weighted by Crippen LogP contribution is -2.45. The fraction of sp³-hybridized carbons (Fsp3) is 0.357. The summed E-state index contributed by atoms with van der Waals surface area (Å²) in [5.41, 5.74) is -1.29. The van der Waals surface area contributed by atoms with Crippen LogP contribution >= 0.6 is 23.1 Å². The number of nitrogens with zero attached hydrogens (tertiary/aromatic N) is 3. The third-order valence-electron chi connectivity index (χ3n) is 3.33. The normalized spacial score (nSPS) is 13.3. The van der Waals surface area contributed by atoms with E-state index in [1.165, 1.54) is 24.8 Å². The van der Waals surface area contributed by atoms with Gasteiger partial charge < -0.3 is 0 Å². The van der Waals surface area contributed by atoms with E-state index in [0.717, 1.165) is 29.7 Å². The molecular formula is C14H15F3N4O3S3. The van der Waals surface area contributed by atoms with Gasteiger partial charge in [0.25, 0.3) is 0 Å². The predicted octanol–water partition coefficient (Wildman–Crippen LogP) is 3.07. The second-order valence-corrected chi connectivity index (χ2v) is 9.24. The number of carbonyl (C=O) groups excluding carboxylic acids is 1. The zero-order chi connectivity index (χ0) is 20.4. The zero-order valence-corrected chi connectivity index (χ0v) is 16.8. The molecule has 1 amide bonds. The molecule has 1 heterocycles. The Morgan fingerprint density at radius 2 is 2.00 bits per heavy atom. The smallest absolute Gasteiger partial charge is 0.299 e. The van der Waals surface area contributed by atoms with Gasteiger partial charge in [-0.1, -0.05) is 29.2 Å². The number of amides is 1. The van der Waals surface area contributed by atoms with Crippen LogP contribution in [0.4, 0.5) is 24.0 Å². The van der Waals surface area contributed by atoms with Crippen LogP contribution in [0, 0.1) is 0 Å². The van der Waals surface area contributed by atoms with Crippen LogP contribution in [0.25, 0.3) is 0 Å². The fourth-order valence-electron chi connectivity index (χ4n) is 2.18. The van der Waals surface area contributed by atoms with Crippen LogP contribution in [0.2, 0.25) is 0 Å². The second-order valence-electron chi connectivity index (χ2n) is 5.35. The monoisotopic (exact) mass is 440 g/mol. The minimum Gasteiger partial charge on any atom is -0.299 e. The van der Waals surface area contributed by atoms with Crippen molar-refractivity contribution in [1.29, 1.82) is 0 Å². The molecule has 0 radical (unpaired) electrons. The average Bonchev–Trinajstić information content (AvgIpc) is 3.00. The molecule has 27 heavy (non-hydrogen) atoms. The van der Waals surface area contributed by atoms with Crippen LogP contribution in [0.1, 0.15) is 12.5 Å². The van der Waals surface area contributed by atoms with E-state index < -0.39 is 33.7 Å². The Morgan fingerprint density at radius 3 is 2.52 bits per heavy atom. The lowest BCUT2D eigenvalue weighted by atomic mass is 10.2. The second kappa shape index (κ2) is 8.02. The molecule has 2 aromatic rings. The summed E-state index contributed by atoms with van der Waals surface area (Å²) in [6, 6.07) is 2.46. The Morgan fingerprint density at radius 1 is 1.33 bits per heavy atom. The van der Waals surface area contributed by atoms with E-state index in [2.05, 4.69) is 15.5 Å². The summed E-state index contributed by atoms with van der Waals surface area (Å²) in [4.78, 5) is 12.4. The standard InChI is InChI=1S/C14H15F3N4O3S3/c1-8(11(22)18-12-19-20-13(25-2)26-12)21(27(3,23)24)10-6-4-5-9(7-10)14(15,16)17/h4-8H,1-3H3,(H,18,19,22). The first-order chi connectivity index (χ1) is 12.4. The molecule has 2 rings (SSSR count). The first-order valence-corrected chi connectivity index (χ1v) is 11.2. The molecule has 0 fully saturated rings. The zero-order valence-electron chi connectivity index (χ0n) is 14.3. The van der Waals surface area contributed by atoms with Gasteiger partial charge in [0.1, 0.15) is 6.04 Å². The Bertz CT molecular complexity index is 931. The van der Waals surface area contributed by atoms with Crippen LogP contribution in [-0.2, 0) is 21.0 Å². The lowest BCUT2D eigenvalue weighted by Gasteiger charge is -2.28. The molecule has 1 atom stereocenters. The van der Waals surface area contributed by atoms with E-state index in [1.54, 1.807) is 6.26 Å². The Labute approximate surface area is 162 Å². The number of rotatable bonds is 6. The molecule has 148 valence electrons. The molecular weight excluding hydrogens is 425 g/mol.